The van der Waals surface area contributed by atoms with Gasteiger partial charge in [-0.25, -0.2) is 4.39 Å². The predicted octanol–water partition coefficient (Wildman–Crippen LogP) is 3.87. The molecule has 156 valence electrons. The van der Waals surface area contributed by atoms with Gasteiger partial charge in [0.2, 0.25) is 5.82 Å². The lowest BCUT2D eigenvalue weighted by Crippen LogP contribution is -2.51. The molecular formula is C22H18ClFN5O2+. The van der Waals surface area contributed by atoms with Crippen LogP contribution in [0.4, 0.5) is 10.2 Å². The number of anilines is 1. The topological polar surface area (TPSA) is 98.0 Å². The van der Waals surface area contributed by atoms with Gasteiger partial charge in [-0.05, 0) is 42.5 Å². The Labute approximate surface area is 182 Å². The predicted molar refractivity (Wildman–Crippen MR) is 116 cm³/mol. The second-order valence-electron chi connectivity index (χ2n) is 6.61. The molecule has 0 atom stereocenters. The molecule has 4 aromatic rings. The zero-order valence-corrected chi connectivity index (χ0v) is 17.2. The van der Waals surface area contributed by atoms with E-state index in [9.17, 15) is 4.39 Å². The molecule has 0 aliphatic carbocycles. The van der Waals surface area contributed by atoms with E-state index in [2.05, 4.69) is 10.1 Å². The van der Waals surface area contributed by atoms with Crippen LogP contribution in [0.25, 0.3) is 22.2 Å². The summed E-state index contributed by atoms with van der Waals surface area (Å²) in [6.07, 6.45) is 1.62. The molecular weight excluding hydrogens is 421 g/mol. The standard InChI is InChI=1S/C22H17ClFN5O2/c1-30-14-3-4-15-19(11-14)27-9-8-20(15)31-12-22(26)29-21(25)7-6-18(28-29)13-2-5-17(24)16(23)10-13/h2-11,25-26H,12H2,1H3/p+1. The summed E-state index contributed by atoms with van der Waals surface area (Å²) in [5.74, 6) is 1.02. The van der Waals surface area contributed by atoms with Crippen LogP contribution in [0.1, 0.15) is 0 Å². The number of nitrogens with zero attached hydrogens (tertiary/aromatic N) is 3. The van der Waals surface area contributed by atoms with E-state index < -0.39 is 5.82 Å². The number of fused-ring (bicyclic) bond motifs is 1. The molecule has 7 nitrogen and oxygen atoms in total. The summed E-state index contributed by atoms with van der Waals surface area (Å²) in [6, 6.07) is 14.8. The van der Waals surface area contributed by atoms with Gasteiger partial charge in [0.1, 0.15) is 23.0 Å². The Morgan fingerprint density at radius 1 is 1.16 bits per heavy atom. The average molecular weight is 439 g/mol. The number of nitrogen functional groups attached to an aromatic ring is 1. The smallest absolute Gasteiger partial charge is 0.292 e. The van der Waals surface area contributed by atoms with Gasteiger partial charge < -0.3 is 15.2 Å². The molecule has 2 heterocycles. The van der Waals surface area contributed by atoms with Crippen LogP contribution in [0.5, 0.6) is 11.5 Å². The third-order valence-electron chi connectivity index (χ3n) is 4.61. The molecule has 4 rings (SSSR count). The first kappa shape index (κ1) is 20.5. The van der Waals surface area contributed by atoms with Crippen molar-refractivity contribution in [3.8, 4) is 22.8 Å². The lowest BCUT2D eigenvalue weighted by Gasteiger charge is -2.10. The van der Waals surface area contributed by atoms with Crippen molar-refractivity contribution in [1.29, 1.82) is 5.41 Å². The Balaban J connectivity index is 1.58. The first-order valence-electron chi connectivity index (χ1n) is 9.24. The number of pyridine rings is 1. The van der Waals surface area contributed by atoms with E-state index in [0.29, 0.717) is 28.3 Å². The Kier molecular flexibility index (Phi) is 5.64. The summed E-state index contributed by atoms with van der Waals surface area (Å²) < 4.78 is 25.8. The molecule has 31 heavy (non-hydrogen) atoms. The van der Waals surface area contributed by atoms with E-state index in [0.717, 1.165) is 5.39 Å². The molecule has 0 aliphatic heterocycles. The van der Waals surface area contributed by atoms with Crippen LogP contribution in [0, 0.1) is 11.2 Å². The number of hydrogen-bond donors (Lipinski definition) is 2. The summed E-state index contributed by atoms with van der Waals surface area (Å²) in [5, 5.41) is 13.6. The van der Waals surface area contributed by atoms with E-state index in [1.54, 1.807) is 43.6 Å². The van der Waals surface area contributed by atoms with E-state index in [-0.39, 0.29) is 23.3 Å². The highest BCUT2D eigenvalue weighted by molar-refractivity contribution is 6.31. The maximum Gasteiger partial charge on any atom is 0.292 e. The number of ether oxygens (including phenoxy) is 2. The number of methoxy groups -OCH3 is 1. The van der Waals surface area contributed by atoms with Gasteiger partial charge in [0.25, 0.3) is 5.84 Å². The Bertz CT molecular complexity index is 1300. The lowest BCUT2D eigenvalue weighted by molar-refractivity contribution is -0.609. The number of rotatable bonds is 5. The molecule has 0 saturated carbocycles. The van der Waals surface area contributed by atoms with Crippen molar-refractivity contribution in [2.75, 3.05) is 19.5 Å². The normalized spacial score (nSPS) is 10.8. The summed E-state index contributed by atoms with van der Waals surface area (Å²) in [6.45, 7) is -0.0827. The molecule has 0 aliphatic rings. The van der Waals surface area contributed by atoms with Crippen LogP contribution in [-0.4, -0.2) is 29.6 Å². The van der Waals surface area contributed by atoms with Gasteiger partial charge >= 0.3 is 0 Å². The number of halogens is 2. The van der Waals surface area contributed by atoms with Crippen LogP contribution < -0.4 is 19.9 Å². The number of nitrogens with one attached hydrogen (secondary N) is 1. The fraction of sp³-hybridized carbons (Fsp3) is 0.0909. The van der Waals surface area contributed by atoms with Crippen molar-refractivity contribution >= 4 is 34.2 Å². The second kappa shape index (κ2) is 8.53. The van der Waals surface area contributed by atoms with Gasteiger partial charge in [-0.3, -0.25) is 4.98 Å². The van der Waals surface area contributed by atoms with Crippen molar-refractivity contribution in [1.82, 2.24) is 10.1 Å². The molecule has 0 amide bonds. The van der Waals surface area contributed by atoms with Crippen molar-refractivity contribution in [3.63, 3.8) is 0 Å². The molecule has 2 aromatic heterocycles. The first-order chi connectivity index (χ1) is 15.0. The zero-order chi connectivity index (χ0) is 22.0. The van der Waals surface area contributed by atoms with Crippen molar-refractivity contribution in [3.05, 3.63) is 71.6 Å². The Morgan fingerprint density at radius 2 is 2.00 bits per heavy atom. The first-order valence-corrected chi connectivity index (χ1v) is 9.61. The molecule has 0 bridgehead atoms. The summed E-state index contributed by atoms with van der Waals surface area (Å²) in [5.41, 5.74) is 7.81. The monoisotopic (exact) mass is 438 g/mol. The highest BCUT2D eigenvalue weighted by atomic mass is 35.5. The highest BCUT2D eigenvalue weighted by Gasteiger charge is 2.17. The maximum atomic E-state index is 13.5. The molecule has 9 heteroatoms. The molecule has 2 aromatic carbocycles. The fourth-order valence-corrected chi connectivity index (χ4v) is 3.20. The van der Waals surface area contributed by atoms with Gasteiger partial charge in [-0.15, -0.1) is 9.78 Å². The van der Waals surface area contributed by atoms with Crippen molar-refractivity contribution in [2.24, 2.45) is 0 Å². The molecule has 0 saturated heterocycles. The Hall–Kier alpha value is -3.78. The number of nitrogens with two attached hydrogens (primary N) is 1. The molecule has 0 fully saturated rings. The minimum Gasteiger partial charge on any atom is -0.497 e. The number of aromatic nitrogens is 3. The molecule has 0 radical (unpaired) electrons. The quantitative estimate of drug-likeness (QED) is 0.280. The molecule has 0 unspecified atom stereocenters. The average Bonchev–Trinajstić information content (AvgIpc) is 2.79. The van der Waals surface area contributed by atoms with Gasteiger partial charge in [-0.1, -0.05) is 11.6 Å². The van der Waals surface area contributed by atoms with Crippen LogP contribution in [0.15, 0.2) is 60.8 Å². The second-order valence-corrected chi connectivity index (χ2v) is 7.02. The third-order valence-corrected chi connectivity index (χ3v) is 4.90. The largest absolute Gasteiger partial charge is 0.497 e. The lowest BCUT2D eigenvalue weighted by atomic mass is 10.1. The van der Waals surface area contributed by atoms with Crippen LogP contribution in [0.3, 0.4) is 0 Å². The van der Waals surface area contributed by atoms with Gasteiger partial charge in [-0.2, -0.15) is 5.41 Å². The van der Waals surface area contributed by atoms with Crippen LogP contribution >= 0.6 is 11.6 Å². The molecule has 3 N–H and O–H groups in total. The zero-order valence-electron chi connectivity index (χ0n) is 16.5. The van der Waals surface area contributed by atoms with Gasteiger partial charge in [0.05, 0.1) is 17.6 Å². The third kappa shape index (κ3) is 4.24. The van der Waals surface area contributed by atoms with Crippen LogP contribution in [-0.2, 0) is 0 Å². The number of hydrogen-bond acceptors (Lipinski definition) is 6. The molecule has 0 spiro atoms. The highest BCUT2D eigenvalue weighted by Crippen LogP contribution is 2.27. The summed E-state index contributed by atoms with van der Waals surface area (Å²) >= 11 is 5.87. The van der Waals surface area contributed by atoms with E-state index in [1.165, 1.54) is 16.8 Å². The fourth-order valence-electron chi connectivity index (χ4n) is 3.02. The SMILES string of the molecule is COc1ccc2c(OCC(=N)[n+]3nc(-c4ccc(F)c(Cl)c4)ccc3N)ccnc2c1. The van der Waals surface area contributed by atoms with Crippen molar-refractivity contribution in [2.45, 2.75) is 0 Å². The van der Waals surface area contributed by atoms with Gasteiger partial charge in [0, 0.05) is 29.3 Å². The van der Waals surface area contributed by atoms with E-state index in [1.807, 2.05) is 12.1 Å². The van der Waals surface area contributed by atoms with Crippen molar-refractivity contribution < 1.29 is 18.5 Å². The maximum absolute atomic E-state index is 13.5. The van der Waals surface area contributed by atoms with E-state index >= 15 is 0 Å². The summed E-state index contributed by atoms with van der Waals surface area (Å²) in [7, 11) is 1.59. The number of benzene rings is 2. The Morgan fingerprint density at radius 3 is 2.77 bits per heavy atom. The summed E-state index contributed by atoms with van der Waals surface area (Å²) in [4.78, 5) is 4.32. The van der Waals surface area contributed by atoms with E-state index in [4.69, 9.17) is 32.2 Å². The minimum atomic E-state index is -0.517. The van der Waals surface area contributed by atoms with Gasteiger partial charge in [0.15, 0.2) is 6.61 Å². The minimum absolute atomic E-state index is 0.0118. The van der Waals surface area contributed by atoms with Crippen LogP contribution in [0.2, 0.25) is 5.02 Å².